The van der Waals surface area contributed by atoms with Gasteiger partial charge in [0, 0.05) is 48.4 Å². The number of ether oxygens (including phenoxy) is 2. The predicted octanol–water partition coefficient (Wildman–Crippen LogP) is 8.25. The van der Waals surface area contributed by atoms with Crippen molar-refractivity contribution >= 4 is 55.0 Å². The Morgan fingerprint density at radius 1 is 0.878 bits per heavy atom. The second-order valence-electron chi connectivity index (χ2n) is 13.0. The molecule has 1 N–H and O–H groups in total. The number of rotatable bonds is 5. The highest BCUT2D eigenvalue weighted by Crippen LogP contribution is 2.54. The minimum absolute atomic E-state index is 0.0148. The molecule has 6 nitrogen and oxygen atoms in total. The molecule has 0 saturated heterocycles. The first kappa shape index (κ1) is 29.8. The Balaban J connectivity index is 1.46. The Morgan fingerprint density at radius 2 is 1.41 bits per heavy atom. The average Bonchev–Trinajstić information content (AvgIpc) is 2.82. The standard InChI is InChI=1S/C33H35Br2NO5/c1-17-7-8-20(9-18(17)2)36-27(39)16-40-31-21(34)10-19(11-22(31)35)28-29-23(37)12-32(3,4)14-25(29)41-26-15-33(5,6)13-24(38)30(26)28/h7-11,28H,12-16H2,1-6H3,(H,36,39). The van der Waals surface area contributed by atoms with Gasteiger partial charge in [0.15, 0.2) is 18.2 Å². The van der Waals surface area contributed by atoms with Gasteiger partial charge in [0.1, 0.15) is 17.3 Å². The Bertz CT molecular complexity index is 1470. The van der Waals surface area contributed by atoms with Gasteiger partial charge in [-0.25, -0.2) is 0 Å². The Labute approximate surface area is 258 Å². The molecule has 1 heterocycles. The first-order valence-electron chi connectivity index (χ1n) is 13.8. The zero-order chi connectivity index (χ0) is 29.9. The number of aryl methyl sites for hydroxylation is 2. The highest BCUT2D eigenvalue weighted by atomic mass is 79.9. The van der Waals surface area contributed by atoms with Crippen molar-refractivity contribution in [2.45, 2.75) is 73.1 Å². The zero-order valence-corrected chi connectivity index (χ0v) is 27.5. The van der Waals surface area contributed by atoms with E-state index in [-0.39, 0.29) is 34.9 Å². The van der Waals surface area contributed by atoms with Crippen molar-refractivity contribution in [3.8, 4) is 5.75 Å². The summed E-state index contributed by atoms with van der Waals surface area (Å²) in [5.41, 5.74) is 4.47. The third kappa shape index (κ3) is 6.09. The SMILES string of the molecule is Cc1ccc(NC(=O)COc2c(Br)cc(C3C4=C(CC(C)(C)CC4=O)OC4=C3C(=O)CC(C)(C)C4)cc2Br)cc1C. The van der Waals surface area contributed by atoms with E-state index in [0.29, 0.717) is 68.7 Å². The largest absolute Gasteiger partial charge is 0.481 e. The van der Waals surface area contributed by atoms with Crippen LogP contribution in [0.4, 0.5) is 5.69 Å². The van der Waals surface area contributed by atoms with Crippen LogP contribution in [0.1, 0.15) is 76.0 Å². The predicted molar refractivity (Wildman–Crippen MR) is 166 cm³/mol. The molecule has 0 spiro atoms. The molecular weight excluding hydrogens is 650 g/mol. The molecular formula is C33H35Br2NO5. The smallest absolute Gasteiger partial charge is 0.262 e. The zero-order valence-electron chi connectivity index (χ0n) is 24.3. The van der Waals surface area contributed by atoms with Crippen LogP contribution in [0.3, 0.4) is 0 Å². The van der Waals surface area contributed by atoms with Crippen LogP contribution >= 0.6 is 31.9 Å². The molecule has 0 atom stereocenters. The van der Waals surface area contributed by atoms with Gasteiger partial charge in [-0.05, 0) is 97.5 Å². The topological polar surface area (TPSA) is 81.7 Å². The fraction of sp³-hybridized carbons (Fsp3) is 0.424. The Kier molecular flexibility index (Phi) is 7.88. The lowest BCUT2D eigenvalue weighted by molar-refractivity contribution is -0.120. The number of nitrogens with one attached hydrogen (secondary N) is 1. The van der Waals surface area contributed by atoms with Crippen LogP contribution in [0.25, 0.3) is 0 Å². The number of halogens is 2. The molecule has 2 aromatic carbocycles. The molecule has 216 valence electrons. The van der Waals surface area contributed by atoms with Crippen LogP contribution < -0.4 is 10.1 Å². The van der Waals surface area contributed by atoms with E-state index in [2.05, 4.69) is 64.9 Å². The molecule has 0 saturated carbocycles. The summed E-state index contributed by atoms with van der Waals surface area (Å²) in [5, 5.41) is 2.87. The van der Waals surface area contributed by atoms with Gasteiger partial charge in [-0.15, -0.1) is 0 Å². The molecule has 41 heavy (non-hydrogen) atoms. The maximum absolute atomic E-state index is 13.6. The van der Waals surface area contributed by atoms with Crippen LogP contribution in [-0.2, 0) is 19.1 Å². The minimum Gasteiger partial charge on any atom is -0.481 e. The van der Waals surface area contributed by atoms with Crippen molar-refractivity contribution in [2.75, 3.05) is 11.9 Å². The summed E-state index contributed by atoms with van der Waals surface area (Å²) in [6, 6.07) is 9.52. The molecule has 0 radical (unpaired) electrons. The summed E-state index contributed by atoms with van der Waals surface area (Å²) in [7, 11) is 0. The lowest BCUT2D eigenvalue weighted by Gasteiger charge is -2.42. The van der Waals surface area contributed by atoms with E-state index in [4.69, 9.17) is 9.47 Å². The van der Waals surface area contributed by atoms with Crippen LogP contribution in [0, 0.1) is 24.7 Å². The number of carbonyl (C=O) groups is 3. The van der Waals surface area contributed by atoms with Gasteiger partial charge in [0.05, 0.1) is 8.95 Å². The van der Waals surface area contributed by atoms with Gasteiger partial charge in [0.25, 0.3) is 5.91 Å². The van der Waals surface area contributed by atoms with Crippen LogP contribution in [0.5, 0.6) is 5.75 Å². The minimum atomic E-state index is -0.518. The molecule has 0 aromatic heterocycles. The maximum Gasteiger partial charge on any atom is 0.262 e. The van der Waals surface area contributed by atoms with Gasteiger partial charge in [0.2, 0.25) is 0 Å². The monoisotopic (exact) mass is 683 g/mol. The summed E-state index contributed by atoms with van der Waals surface area (Å²) in [5.74, 6) is 1.05. The van der Waals surface area contributed by atoms with Crippen LogP contribution in [-0.4, -0.2) is 24.1 Å². The molecule has 2 aliphatic carbocycles. The average molecular weight is 685 g/mol. The summed E-state index contributed by atoms with van der Waals surface area (Å²) in [6.45, 7) is 12.1. The third-order valence-electron chi connectivity index (χ3n) is 8.07. The molecule has 1 amide bonds. The van der Waals surface area contributed by atoms with E-state index >= 15 is 0 Å². The molecule has 0 fully saturated rings. The normalized spacial score (nSPS) is 19.9. The van der Waals surface area contributed by atoms with E-state index in [9.17, 15) is 14.4 Å². The third-order valence-corrected chi connectivity index (χ3v) is 9.25. The van der Waals surface area contributed by atoms with Gasteiger partial charge in [-0.3, -0.25) is 14.4 Å². The number of Topliss-reactive ketones (excluding diaryl/α,β-unsaturated/α-hetero) is 2. The van der Waals surface area contributed by atoms with Gasteiger partial charge in [-0.2, -0.15) is 0 Å². The van der Waals surface area contributed by atoms with Gasteiger partial charge < -0.3 is 14.8 Å². The number of ketones is 2. The summed E-state index contributed by atoms with van der Waals surface area (Å²) in [6.07, 6.45) is 2.06. The number of amides is 1. The quantitative estimate of drug-likeness (QED) is 0.343. The van der Waals surface area contributed by atoms with Crippen molar-refractivity contribution in [2.24, 2.45) is 10.8 Å². The van der Waals surface area contributed by atoms with Crippen molar-refractivity contribution in [3.05, 3.63) is 78.6 Å². The van der Waals surface area contributed by atoms with Crippen LogP contribution in [0.15, 0.2) is 61.9 Å². The second-order valence-corrected chi connectivity index (χ2v) is 14.7. The fourth-order valence-corrected chi connectivity index (χ4v) is 7.50. The number of hydrogen-bond donors (Lipinski definition) is 1. The second kappa shape index (κ2) is 10.8. The summed E-state index contributed by atoms with van der Waals surface area (Å²) < 4.78 is 13.5. The van der Waals surface area contributed by atoms with Crippen molar-refractivity contribution in [1.29, 1.82) is 0 Å². The molecule has 0 bridgehead atoms. The number of carbonyl (C=O) groups excluding carboxylic acids is 3. The molecule has 1 aliphatic heterocycles. The van der Waals surface area contributed by atoms with E-state index in [1.54, 1.807) is 0 Å². The molecule has 0 unspecified atom stereocenters. The molecule has 5 rings (SSSR count). The van der Waals surface area contributed by atoms with E-state index in [0.717, 1.165) is 16.7 Å². The number of hydrogen-bond acceptors (Lipinski definition) is 5. The first-order valence-corrected chi connectivity index (χ1v) is 15.4. The highest BCUT2D eigenvalue weighted by Gasteiger charge is 2.48. The van der Waals surface area contributed by atoms with E-state index in [1.807, 2.05) is 44.2 Å². The molecule has 3 aliphatic rings. The van der Waals surface area contributed by atoms with Crippen LogP contribution in [0.2, 0.25) is 0 Å². The number of allylic oxidation sites excluding steroid dienone is 4. The van der Waals surface area contributed by atoms with E-state index < -0.39 is 5.92 Å². The summed E-state index contributed by atoms with van der Waals surface area (Å²) in [4.78, 5) is 39.8. The van der Waals surface area contributed by atoms with Crippen molar-refractivity contribution < 1.29 is 23.9 Å². The number of anilines is 1. The lowest BCUT2D eigenvalue weighted by atomic mass is 9.65. The maximum atomic E-state index is 13.6. The Morgan fingerprint density at radius 3 is 1.93 bits per heavy atom. The lowest BCUT2D eigenvalue weighted by Crippen LogP contribution is -2.37. The van der Waals surface area contributed by atoms with E-state index in [1.165, 1.54) is 0 Å². The number of benzene rings is 2. The molecule has 8 heteroatoms. The Hall–Kier alpha value is -2.71. The van der Waals surface area contributed by atoms with Crippen molar-refractivity contribution in [1.82, 2.24) is 0 Å². The first-order chi connectivity index (χ1) is 19.1. The van der Waals surface area contributed by atoms with Gasteiger partial charge >= 0.3 is 0 Å². The van der Waals surface area contributed by atoms with Crippen molar-refractivity contribution in [3.63, 3.8) is 0 Å². The fourth-order valence-electron chi connectivity index (χ4n) is 6.05. The highest BCUT2D eigenvalue weighted by molar-refractivity contribution is 9.11. The summed E-state index contributed by atoms with van der Waals surface area (Å²) >= 11 is 7.24. The molecule has 2 aromatic rings. The van der Waals surface area contributed by atoms with Gasteiger partial charge in [-0.1, -0.05) is 33.8 Å².